The number of ether oxygens (including phenoxy) is 1. The van der Waals surface area contributed by atoms with Crippen molar-refractivity contribution in [3.8, 4) is 0 Å². The fraction of sp³-hybridized carbons (Fsp3) is 1.00. The molecular weight excluding hydrogens is 236 g/mol. The summed E-state index contributed by atoms with van der Waals surface area (Å²) < 4.78 is 11.0. The van der Waals surface area contributed by atoms with Gasteiger partial charge in [0.15, 0.2) is 8.32 Å². The maximum atomic E-state index is 9.33. The standard InChI is InChI=1S/C12H28O4Si/c1-5-8-17(4,15-3)9-6-7-16-10-12(14)11(2)13/h11-14H,5-10H2,1-4H3. The minimum Gasteiger partial charge on any atom is -0.420 e. The van der Waals surface area contributed by atoms with Gasteiger partial charge < -0.3 is 19.4 Å². The third-order valence-corrected chi connectivity index (χ3v) is 7.07. The molecular formula is C12H28O4Si. The summed E-state index contributed by atoms with van der Waals surface area (Å²) in [7, 11) is 0.291. The second kappa shape index (κ2) is 9.05. The maximum absolute atomic E-state index is 9.33. The highest BCUT2D eigenvalue weighted by Crippen LogP contribution is 2.20. The summed E-state index contributed by atoms with van der Waals surface area (Å²) >= 11 is 0. The van der Waals surface area contributed by atoms with Gasteiger partial charge in [-0.25, -0.2) is 0 Å². The van der Waals surface area contributed by atoms with E-state index in [4.69, 9.17) is 14.3 Å². The average molecular weight is 264 g/mol. The van der Waals surface area contributed by atoms with Crippen molar-refractivity contribution in [1.82, 2.24) is 0 Å². The topological polar surface area (TPSA) is 58.9 Å². The zero-order valence-corrected chi connectivity index (χ0v) is 12.6. The summed E-state index contributed by atoms with van der Waals surface area (Å²) in [5, 5.41) is 18.4. The van der Waals surface area contributed by atoms with Gasteiger partial charge in [0.25, 0.3) is 0 Å². The van der Waals surface area contributed by atoms with Crippen LogP contribution in [0.3, 0.4) is 0 Å². The molecule has 0 spiro atoms. The molecule has 0 saturated carbocycles. The predicted octanol–water partition coefficient (Wildman–Crippen LogP) is 1.77. The highest BCUT2D eigenvalue weighted by atomic mass is 28.4. The van der Waals surface area contributed by atoms with Gasteiger partial charge in [0.1, 0.15) is 6.10 Å². The van der Waals surface area contributed by atoms with Gasteiger partial charge in [0.2, 0.25) is 0 Å². The van der Waals surface area contributed by atoms with E-state index in [0.717, 1.165) is 18.9 Å². The van der Waals surface area contributed by atoms with E-state index in [1.165, 1.54) is 6.04 Å². The summed E-state index contributed by atoms with van der Waals surface area (Å²) in [4.78, 5) is 0. The number of rotatable bonds is 10. The fourth-order valence-electron chi connectivity index (χ4n) is 1.75. The molecule has 0 aliphatic heterocycles. The third kappa shape index (κ3) is 7.89. The van der Waals surface area contributed by atoms with Gasteiger partial charge in [-0.3, -0.25) is 0 Å². The van der Waals surface area contributed by atoms with Crippen molar-refractivity contribution in [2.24, 2.45) is 0 Å². The molecule has 2 N–H and O–H groups in total. The zero-order valence-electron chi connectivity index (χ0n) is 11.6. The van der Waals surface area contributed by atoms with Crippen LogP contribution in [0.25, 0.3) is 0 Å². The molecule has 0 aliphatic rings. The lowest BCUT2D eigenvalue weighted by Gasteiger charge is -2.24. The zero-order chi connectivity index (χ0) is 13.3. The first kappa shape index (κ1) is 17.1. The molecule has 0 amide bonds. The quantitative estimate of drug-likeness (QED) is 0.466. The van der Waals surface area contributed by atoms with Gasteiger partial charge in [0, 0.05) is 13.7 Å². The van der Waals surface area contributed by atoms with Gasteiger partial charge >= 0.3 is 0 Å². The van der Waals surface area contributed by atoms with Crippen LogP contribution in [0.5, 0.6) is 0 Å². The van der Waals surface area contributed by atoms with Crippen LogP contribution in [0.4, 0.5) is 0 Å². The molecule has 0 heterocycles. The Bertz CT molecular complexity index is 189. The molecule has 0 aromatic heterocycles. The molecule has 5 heteroatoms. The maximum Gasteiger partial charge on any atom is 0.189 e. The molecule has 0 rings (SSSR count). The Hall–Kier alpha value is 0.0569. The van der Waals surface area contributed by atoms with Crippen LogP contribution in [-0.4, -0.2) is 51.1 Å². The first-order valence-corrected chi connectivity index (χ1v) is 9.26. The molecule has 0 radical (unpaired) electrons. The van der Waals surface area contributed by atoms with E-state index >= 15 is 0 Å². The molecule has 17 heavy (non-hydrogen) atoms. The van der Waals surface area contributed by atoms with Crippen LogP contribution in [0, 0.1) is 0 Å². The Kier molecular flexibility index (Phi) is 9.08. The number of aliphatic hydroxyl groups excluding tert-OH is 2. The van der Waals surface area contributed by atoms with Gasteiger partial charge in [-0.15, -0.1) is 0 Å². The summed E-state index contributed by atoms with van der Waals surface area (Å²) in [5.41, 5.74) is 0. The van der Waals surface area contributed by atoms with Crippen molar-refractivity contribution in [2.45, 2.75) is 57.5 Å². The average Bonchev–Trinajstić information content (AvgIpc) is 2.28. The summed E-state index contributed by atoms with van der Waals surface area (Å²) in [5.74, 6) is 0. The minimum absolute atomic E-state index is 0.205. The fourth-order valence-corrected chi connectivity index (χ4v) is 4.36. The molecule has 0 saturated heterocycles. The Labute approximate surface area is 106 Å². The van der Waals surface area contributed by atoms with Crippen molar-refractivity contribution in [3.63, 3.8) is 0 Å². The first-order valence-electron chi connectivity index (χ1n) is 6.44. The molecule has 3 atom stereocenters. The van der Waals surface area contributed by atoms with Crippen molar-refractivity contribution in [1.29, 1.82) is 0 Å². The van der Waals surface area contributed by atoms with Crippen molar-refractivity contribution >= 4 is 8.32 Å². The van der Waals surface area contributed by atoms with Crippen LogP contribution < -0.4 is 0 Å². The Morgan fingerprint density at radius 2 is 1.88 bits per heavy atom. The Morgan fingerprint density at radius 1 is 1.24 bits per heavy atom. The minimum atomic E-state index is -1.51. The monoisotopic (exact) mass is 264 g/mol. The summed E-state index contributed by atoms with van der Waals surface area (Å²) in [6, 6.07) is 2.27. The molecule has 0 aliphatic carbocycles. The molecule has 0 aromatic carbocycles. The van der Waals surface area contributed by atoms with Crippen molar-refractivity contribution in [2.75, 3.05) is 20.3 Å². The molecule has 104 valence electrons. The second-order valence-electron chi connectivity index (χ2n) is 4.89. The van der Waals surface area contributed by atoms with Crippen molar-refractivity contribution < 1.29 is 19.4 Å². The highest BCUT2D eigenvalue weighted by Gasteiger charge is 2.25. The highest BCUT2D eigenvalue weighted by molar-refractivity contribution is 6.72. The first-order chi connectivity index (χ1) is 7.95. The lowest BCUT2D eigenvalue weighted by molar-refractivity contribution is -0.0302. The van der Waals surface area contributed by atoms with E-state index in [0.29, 0.717) is 6.61 Å². The van der Waals surface area contributed by atoms with Gasteiger partial charge in [-0.05, 0) is 32.0 Å². The molecule has 0 bridgehead atoms. The Balaban J connectivity index is 3.62. The van der Waals surface area contributed by atoms with Crippen LogP contribution in [0.15, 0.2) is 0 Å². The molecule has 0 aromatic rings. The molecule has 0 fully saturated rings. The summed E-state index contributed by atoms with van der Waals surface area (Å²) in [6.45, 7) is 6.82. The SMILES string of the molecule is CCC[Si](C)(CCCOCC(O)C(C)O)OC. The van der Waals surface area contributed by atoms with E-state index < -0.39 is 20.5 Å². The number of hydrogen-bond acceptors (Lipinski definition) is 4. The van der Waals surface area contributed by atoms with E-state index in [1.807, 2.05) is 0 Å². The van der Waals surface area contributed by atoms with Crippen LogP contribution in [0.1, 0.15) is 26.7 Å². The summed E-state index contributed by atoms with van der Waals surface area (Å²) in [6.07, 6.45) is 0.617. The van der Waals surface area contributed by atoms with E-state index in [1.54, 1.807) is 14.0 Å². The van der Waals surface area contributed by atoms with Crippen LogP contribution in [-0.2, 0) is 9.16 Å². The third-order valence-electron chi connectivity index (χ3n) is 3.11. The van der Waals surface area contributed by atoms with E-state index in [-0.39, 0.29) is 6.61 Å². The van der Waals surface area contributed by atoms with Crippen LogP contribution in [0.2, 0.25) is 18.6 Å². The largest absolute Gasteiger partial charge is 0.420 e. The van der Waals surface area contributed by atoms with Gasteiger partial charge in [-0.2, -0.15) is 0 Å². The van der Waals surface area contributed by atoms with Gasteiger partial charge in [0.05, 0.1) is 12.7 Å². The smallest absolute Gasteiger partial charge is 0.189 e. The molecule has 3 unspecified atom stereocenters. The van der Waals surface area contributed by atoms with E-state index in [9.17, 15) is 5.11 Å². The van der Waals surface area contributed by atoms with Crippen molar-refractivity contribution in [3.05, 3.63) is 0 Å². The molecule has 4 nitrogen and oxygen atoms in total. The number of aliphatic hydroxyl groups is 2. The lowest BCUT2D eigenvalue weighted by Crippen LogP contribution is -2.33. The Morgan fingerprint density at radius 3 is 2.35 bits per heavy atom. The van der Waals surface area contributed by atoms with E-state index in [2.05, 4.69) is 13.5 Å². The number of hydrogen-bond donors (Lipinski definition) is 2. The second-order valence-corrected chi connectivity index (χ2v) is 9.20. The lowest BCUT2D eigenvalue weighted by atomic mass is 10.2. The normalized spacial score (nSPS) is 18.7. The van der Waals surface area contributed by atoms with Gasteiger partial charge in [-0.1, -0.05) is 13.3 Å². The van der Waals surface area contributed by atoms with Crippen LogP contribution >= 0.6 is 0 Å². The predicted molar refractivity (Wildman–Crippen MR) is 71.7 cm³/mol.